The van der Waals surface area contributed by atoms with Crippen LogP contribution in [-0.2, 0) is 10.1 Å². The highest BCUT2D eigenvalue weighted by molar-refractivity contribution is 7.89. The fourth-order valence-corrected chi connectivity index (χ4v) is 1.69. The molecule has 1 aliphatic rings. The summed E-state index contributed by atoms with van der Waals surface area (Å²) in [6, 6.07) is -0.931. The molecule has 0 spiro atoms. The molecule has 6 heteroatoms. The van der Waals surface area contributed by atoms with Crippen molar-refractivity contribution in [2.24, 2.45) is 5.73 Å². The van der Waals surface area contributed by atoms with Gasteiger partial charge in [0.15, 0.2) is 0 Å². The Hall–Kier alpha value is -0.360. The molecule has 0 aromatic carbocycles. The molecule has 0 saturated heterocycles. The lowest BCUT2D eigenvalue weighted by Crippen LogP contribution is -2.47. The largest absolute Gasteiger partial charge is 0.322 e. The van der Waals surface area contributed by atoms with Crippen LogP contribution < -0.4 is 5.73 Å². The molecule has 0 radical (unpaired) electrons. The molecule has 0 amide bonds. The van der Waals surface area contributed by atoms with Crippen LogP contribution in [0.4, 0.5) is 0 Å². The van der Waals surface area contributed by atoms with Gasteiger partial charge in [-0.3, -0.25) is 4.55 Å². The number of rotatable bonds is 1. The highest BCUT2D eigenvalue weighted by Crippen LogP contribution is 2.29. The van der Waals surface area contributed by atoms with Gasteiger partial charge in [-0.25, -0.2) is 0 Å². The summed E-state index contributed by atoms with van der Waals surface area (Å²) in [4.78, 5) is 0. The lowest BCUT2D eigenvalue weighted by Gasteiger charge is -2.26. The Kier molecular flexibility index (Phi) is 2.31. The third kappa shape index (κ3) is 1.40. The Bertz CT molecular complexity index is 335. The normalized spacial score (nSPS) is 35.4. The van der Waals surface area contributed by atoms with Gasteiger partial charge < -0.3 is 5.73 Å². The molecule has 0 saturated carbocycles. The minimum Gasteiger partial charge on any atom is -0.322 e. The number of hydrogen-bond donors (Lipinski definition) is 2. The SMILES string of the molecule is NC1C=CC=CC1(Cl)S(=O)(=O)O. The smallest absolute Gasteiger partial charge is 0.290 e. The zero-order chi connectivity index (χ0) is 9.41. The Morgan fingerprint density at radius 2 is 2.08 bits per heavy atom. The summed E-state index contributed by atoms with van der Waals surface area (Å²) in [6.45, 7) is 0. The van der Waals surface area contributed by atoms with Gasteiger partial charge in [-0.2, -0.15) is 8.42 Å². The van der Waals surface area contributed by atoms with Gasteiger partial charge in [0.1, 0.15) is 0 Å². The van der Waals surface area contributed by atoms with Gasteiger partial charge in [0.05, 0.1) is 6.04 Å². The quantitative estimate of drug-likeness (QED) is 0.480. The summed E-state index contributed by atoms with van der Waals surface area (Å²) < 4.78 is 28.4. The third-order valence-corrected chi connectivity index (χ3v) is 3.76. The number of alkyl halides is 1. The van der Waals surface area contributed by atoms with Gasteiger partial charge in [-0.15, -0.1) is 0 Å². The standard InChI is InChI=1S/C6H8ClNO3S/c7-6(12(9,10)11)4-2-1-3-5(6)8/h1-5H,8H2,(H,9,10,11). The fraction of sp³-hybridized carbons (Fsp3) is 0.333. The summed E-state index contributed by atoms with van der Waals surface area (Å²) in [5, 5.41) is 0. The maximum Gasteiger partial charge on any atom is 0.290 e. The predicted molar refractivity (Wildman–Crippen MR) is 46.4 cm³/mol. The average Bonchev–Trinajstić information content (AvgIpc) is 1.93. The van der Waals surface area contributed by atoms with Crippen LogP contribution in [0, 0.1) is 0 Å². The fourth-order valence-electron chi connectivity index (χ4n) is 0.871. The van der Waals surface area contributed by atoms with Gasteiger partial charge in [-0.05, 0) is 6.08 Å². The topological polar surface area (TPSA) is 80.4 Å². The van der Waals surface area contributed by atoms with E-state index < -0.39 is 20.4 Å². The van der Waals surface area contributed by atoms with E-state index in [2.05, 4.69) is 0 Å². The second-order valence-corrected chi connectivity index (χ2v) is 4.92. The van der Waals surface area contributed by atoms with Crippen LogP contribution in [0.3, 0.4) is 0 Å². The first-order valence-corrected chi connectivity index (χ1v) is 4.97. The molecule has 0 fully saturated rings. The Morgan fingerprint density at radius 1 is 1.50 bits per heavy atom. The summed E-state index contributed by atoms with van der Waals surface area (Å²) >= 11 is 5.60. The number of halogens is 1. The molecule has 1 rings (SSSR count). The molecule has 2 unspecified atom stereocenters. The van der Waals surface area contributed by atoms with Gasteiger partial charge in [0.25, 0.3) is 10.1 Å². The van der Waals surface area contributed by atoms with E-state index in [1.54, 1.807) is 6.08 Å². The number of allylic oxidation sites excluding steroid dienone is 2. The molecule has 0 aromatic rings. The van der Waals surface area contributed by atoms with Crippen molar-refractivity contribution in [1.82, 2.24) is 0 Å². The third-order valence-electron chi connectivity index (χ3n) is 1.60. The van der Waals surface area contributed by atoms with E-state index in [9.17, 15) is 8.42 Å². The van der Waals surface area contributed by atoms with Crippen molar-refractivity contribution in [2.75, 3.05) is 0 Å². The van der Waals surface area contributed by atoms with E-state index in [1.807, 2.05) is 0 Å². The summed E-state index contributed by atoms with van der Waals surface area (Å²) in [5.41, 5.74) is 5.39. The molecule has 0 aromatic heterocycles. The minimum atomic E-state index is -4.37. The second-order valence-electron chi connectivity index (χ2n) is 2.44. The van der Waals surface area contributed by atoms with Crippen LogP contribution in [0.25, 0.3) is 0 Å². The first-order valence-electron chi connectivity index (χ1n) is 3.15. The van der Waals surface area contributed by atoms with Crippen molar-refractivity contribution < 1.29 is 13.0 Å². The number of hydrogen-bond acceptors (Lipinski definition) is 3. The van der Waals surface area contributed by atoms with Crippen LogP contribution in [0.2, 0.25) is 0 Å². The summed E-state index contributed by atoms with van der Waals surface area (Å²) in [7, 11) is -4.37. The van der Waals surface area contributed by atoms with Crippen LogP contribution in [0.1, 0.15) is 0 Å². The lowest BCUT2D eigenvalue weighted by atomic mass is 10.1. The van der Waals surface area contributed by atoms with Crippen LogP contribution in [-0.4, -0.2) is 23.2 Å². The van der Waals surface area contributed by atoms with Crippen molar-refractivity contribution >= 4 is 21.7 Å². The van der Waals surface area contributed by atoms with Crippen molar-refractivity contribution in [1.29, 1.82) is 0 Å². The molecule has 1 aliphatic carbocycles. The maximum atomic E-state index is 10.8. The number of nitrogens with two attached hydrogens (primary N) is 1. The van der Waals surface area contributed by atoms with E-state index >= 15 is 0 Å². The Balaban J connectivity index is 3.16. The van der Waals surface area contributed by atoms with E-state index in [4.69, 9.17) is 21.9 Å². The van der Waals surface area contributed by atoms with Gasteiger partial charge >= 0.3 is 0 Å². The van der Waals surface area contributed by atoms with Gasteiger partial charge in [-0.1, -0.05) is 29.8 Å². The zero-order valence-electron chi connectivity index (χ0n) is 6.01. The Morgan fingerprint density at radius 3 is 2.42 bits per heavy atom. The van der Waals surface area contributed by atoms with Crippen molar-refractivity contribution in [3.05, 3.63) is 24.3 Å². The van der Waals surface area contributed by atoms with E-state index in [1.165, 1.54) is 12.2 Å². The lowest BCUT2D eigenvalue weighted by molar-refractivity contribution is 0.462. The first-order chi connectivity index (χ1) is 5.38. The van der Waals surface area contributed by atoms with Crippen LogP contribution >= 0.6 is 11.6 Å². The summed E-state index contributed by atoms with van der Waals surface area (Å²) in [5.74, 6) is 0. The maximum absolute atomic E-state index is 10.8. The molecule has 4 nitrogen and oxygen atoms in total. The molecule has 0 bridgehead atoms. The second kappa shape index (κ2) is 2.85. The van der Waals surface area contributed by atoms with Gasteiger partial charge in [0.2, 0.25) is 4.21 Å². The van der Waals surface area contributed by atoms with Crippen molar-refractivity contribution in [2.45, 2.75) is 10.2 Å². The molecule has 0 heterocycles. The van der Waals surface area contributed by atoms with E-state index in [0.717, 1.165) is 6.08 Å². The molecule has 0 aliphatic heterocycles. The van der Waals surface area contributed by atoms with E-state index in [-0.39, 0.29) is 0 Å². The molecular formula is C6H8ClNO3S. The average molecular weight is 210 g/mol. The molecule has 68 valence electrons. The zero-order valence-corrected chi connectivity index (χ0v) is 7.59. The van der Waals surface area contributed by atoms with Crippen LogP contribution in [0.15, 0.2) is 24.3 Å². The predicted octanol–water partition coefficient (Wildman–Crippen LogP) is 0.263. The summed E-state index contributed by atoms with van der Waals surface area (Å²) in [6.07, 6.45) is 5.54. The molecular weight excluding hydrogens is 202 g/mol. The van der Waals surface area contributed by atoms with Crippen molar-refractivity contribution in [3.63, 3.8) is 0 Å². The van der Waals surface area contributed by atoms with E-state index in [0.29, 0.717) is 0 Å². The molecule has 12 heavy (non-hydrogen) atoms. The highest BCUT2D eigenvalue weighted by Gasteiger charge is 2.44. The van der Waals surface area contributed by atoms with Crippen molar-refractivity contribution in [3.8, 4) is 0 Å². The van der Waals surface area contributed by atoms with Crippen LogP contribution in [0.5, 0.6) is 0 Å². The highest BCUT2D eigenvalue weighted by atomic mass is 35.5. The minimum absolute atomic E-state index is 0.931. The molecule has 2 atom stereocenters. The molecule has 3 N–H and O–H groups in total. The monoisotopic (exact) mass is 209 g/mol. The Labute approximate surface area is 75.5 Å². The first kappa shape index (κ1) is 9.73. The van der Waals surface area contributed by atoms with Gasteiger partial charge in [0, 0.05) is 0 Å².